The first-order valence-corrected chi connectivity index (χ1v) is 4.41. The molecule has 1 aromatic carbocycles. The Balaban J connectivity index is 3.21. The second kappa shape index (κ2) is 5.19. The third kappa shape index (κ3) is 3.10. The van der Waals surface area contributed by atoms with E-state index in [1.807, 2.05) is 0 Å². The van der Waals surface area contributed by atoms with Crippen molar-refractivity contribution < 1.29 is 23.2 Å². The molecule has 0 saturated heterocycles. The molecule has 0 aliphatic heterocycles. The number of non-ortho nitro benzene ring substituents is 1. The summed E-state index contributed by atoms with van der Waals surface area (Å²) in [5.74, 6) is -1.20. The lowest BCUT2D eigenvalue weighted by Gasteiger charge is -2.09. The topological polar surface area (TPSA) is 81.5 Å². The zero-order valence-electron chi connectivity index (χ0n) is 8.65. The van der Waals surface area contributed by atoms with Crippen LogP contribution in [0.1, 0.15) is 10.4 Å². The third-order valence-electron chi connectivity index (χ3n) is 1.86. The van der Waals surface area contributed by atoms with Crippen molar-refractivity contribution in [3.8, 4) is 5.75 Å². The molecular weight excluding hydrogens is 238 g/mol. The zero-order chi connectivity index (χ0) is 13.0. The van der Waals surface area contributed by atoms with Crippen molar-refractivity contribution in [2.75, 3.05) is 7.05 Å². The van der Waals surface area contributed by atoms with E-state index < -0.39 is 28.9 Å². The minimum atomic E-state index is -3.17. The van der Waals surface area contributed by atoms with E-state index in [2.05, 4.69) is 10.1 Å². The van der Waals surface area contributed by atoms with Crippen molar-refractivity contribution in [3.05, 3.63) is 33.9 Å². The average molecular weight is 246 g/mol. The Morgan fingerprint density at radius 1 is 1.53 bits per heavy atom. The van der Waals surface area contributed by atoms with Gasteiger partial charge >= 0.3 is 6.61 Å². The molecule has 1 aromatic rings. The third-order valence-corrected chi connectivity index (χ3v) is 1.86. The van der Waals surface area contributed by atoms with E-state index in [-0.39, 0.29) is 5.56 Å². The number of ether oxygens (including phenoxy) is 1. The Hall–Kier alpha value is -2.25. The quantitative estimate of drug-likeness (QED) is 0.645. The zero-order valence-corrected chi connectivity index (χ0v) is 8.65. The van der Waals surface area contributed by atoms with Gasteiger partial charge in [-0.3, -0.25) is 14.9 Å². The Morgan fingerprint density at radius 2 is 2.18 bits per heavy atom. The average Bonchev–Trinajstić information content (AvgIpc) is 2.27. The molecule has 0 heterocycles. The van der Waals surface area contributed by atoms with Crippen molar-refractivity contribution >= 4 is 11.6 Å². The maximum atomic E-state index is 12.1. The summed E-state index contributed by atoms with van der Waals surface area (Å²) in [7, 11) is 1.30. The summed E-state index contributed by atoms with van der Waals surface area (Å²) >= 11 is 0. The van der Waals surface area contributed by atoms with Crippen LogP contribution in [0.2, 0.25) is 0 Å². The van der Waals surface area contributed by atoms with Crippen LogP contribution in [0.25, 0.3) is 0 Å². The van der Waals surface area contributed by atoms with Gasteiger partial charge in [0.1, 0.15) is 5.75 Å². The van der Waals surface area contributed by atoms with Gasteiger partial charge in [-0.1, -0.05) is 0 Å². The predicted octanol–water partition coefficient (Wildman–Crippen LogP) is 1.56. The molecule has 0 saturated carbocycles. The standard InChI is InChI=1S/C9H8F2N2O4/c1-12-8(14)6-3-2-5(13(15)16)4-7(6)17-9(10)11/h2-4,9H,1H3,(H,12,14). The smallest absolute Gasteiger partial charge is 0.387 e. The SMILES string of the molecule is CNC(=O)c1ccc([N+](=O)[O-])cc1OC(F)F. The molecule has 92 valence electrons. The number of nitro groups is 1. The lowest BCUT2D eigenvalue weighted by Crippen LogP contribution is -2.19. The fraction of sp³-hybridized carbons (Fsp3) is 0.222. The maximum absolute atomic E-state index is 12.1. The minimum absolute atomic E-state index is 0.196. The number of carbonyl (C=O) groups excluding carboxylic acids is 1. The highest BCUT2D eigenvalue weighted by atomic mass is 19.3. The van der Waals surface area contributed by atoms with E-state index in [9.17, 15) is 23.7 Å². The van der Waals surface area contributed by atoms with Crippen LogP contribution in [0.5, 0.6) is 5.75 Å². The monoisotopic (exact) mass is 246 g/mol. The molecule has 0 fully saturated rings. The normalized spacial score (nSPS) is 10.1. The minimum Gasteiger partial charge on any atom is -0.434 e. The van der Waals surface area contributed by atoms with E-state index >= 15 is 0 Å². The molecule has 1 N–H and O–H groups in total. The van der Waals surface area contributed by atoms with Crippen molar-refractivity contribution in [2.45, 2.75) is 6.61 Å². The van der Waals surface area contributed by atoms with Crippen LogP contribution in [0.15, 0.2) is 18.2 Å². The van der Waals surface area contributed by atoms with Crippen LogP contribution in [-0.4, -0.2) is 24.5 Å². The number of nitro benzene ring substituents is 1. The highest BCUT2D eigenvalue weighted by Gasteiger charge is 2.18. The first-order chi connectivity index (χ1) is 7.95. The summed E-state index contributed by atoms with van der Waals surface area (Å²) in [5, 5.41) is 12.7. The van der Waals surface area contributed by atoms with Gasteiger partial charge in [0, 0.05) is 13.1 Å². The van der Waals surface area contributed by atoms with E-state index in [4.69, 9.17) is 0 Å². The molecular formula is C9H8F2N2O4. The molecule has 0 unspecified atom stereocenters. The highest BCUT2D eigenvalue weighted by molar-refractivity contribution is 5.97. The van der Waals surface area contributed by atoms with Crippen molar-refractivity contribution in [2.24, 2.45) is 0 Å². The summed E-state index contributed by atoms with van der Waals surface area (Å²) in [4.78, 5) is 21.0. The van der Waals surface area contributed by atoms with Gasteiger partial charge in [-0.25, -0.2) is 0 Å². The summed E-state index contributed by atoms with van der Waals surface area (Å²) in [5.41, 5.74) is -0.633. The van der Waals surface area contributed by atoms with Crippen LogP contribution < -0.4 is 10.1 Å². The van der Waals surface area contributed by atoms with Crippen LogP contribution in [0.4, 0.5) is 14.5 Å². The van der Waals surface area contributed by atoms with Crippen LogP contribution in [0.3, 0.4) is 0 Å². The van der Waals surface area contributed by atoms with Gasteiger partial charge in [0.25, 0.3) is 11.6 Å². The molecule has 0 atom stereocenters. The molecule has 1 rings (SSSR count). The van der Waals surface area contributed by atoms with E-state index in [0.717, 1.165) is 18.2 Å². The van der Waals surface area contributed by atoms with Gasteiger partial charge < -0.3 is 10.1 Å². The first-order valence-electron chi connectivity index (χ1n) is 4.41. The Labute approximate surface area is 94.3 Å². The molecule has 8 heteroatoms. The molecule has 0 aliphatic rings. The molecule has 6 nitrogen and oxygen atoms in total. The van der Waals surface area contributed by atoms with Gasteiger partial charge in [-0.2, -0.15) is 8.78 Å². The Bertz CT molecular complexity index is 451. The second-order valence-corrected chi connectivity index (χ2v) is 2.90. The lowest BCUT2D eigenvalue weighted by atomic mass is 10.1. The number of hydrogen-bond donors (Lipinski definition) is 1. The molecule has 1 amide bonds. The number of amides is 1. The summed E-state index contributed by atoms with van der Waals surface area (Å²) in [6.45, 7) is -3.17. The fourth-order valence-electron chi connectivity index (χ4n) is 1.14. The molecule has 17 heavy (non-hydrogen) atoms. The van der Waals surface area contributed by atoms with Crippen molar-refractivity contribution in [1.82, 2.24) is 5.32 Å². The number of nitrogens with one attached hydrogen (secondary N) is 1. The van der Waals surface area contributed by atoms with E-state index in [1.54, 1.807) is 0 Å². The van der Waals surface area contributed by atoms with Crippen LogP contribution in [0, 0.1) is 10.1 Å². The highest BCUT2D eigenvalue weighted by Crippen LogP contribution is 2.26. The van der Waals surface area contributed by atoms with Gasteiger partial charge in [-0.15, -0.1) is 0 Å². The van der Waals surface area contributed by atoms with Gasteiger partial charge in [0.15, 0.2) is 0 Å². The van der Waals surface area contributed by atoms with Crippen LogP contribution >= 0.6 is 0 Å². The first kappa shape index (κ1) is 12.8. The summed E-state index contributed by atoms with van der Waals surface area (Å²) in [6, 6.07) is 2.86. The second-order valence-electron chi connectivity index (χ2n) is 2.90. The number of rotatable bonds is 4. The van der Waals surface area contributed by atoms with Gasteiger partial charge in [0.2, 0.25) is 0 Å². The molecule has 0 radical (unpaired) electrons. The maximum Gasteiger partial charge on any atom is 0.387 e. The van der Waals surface area contributed by atoms with Crippen molar-refractivity contribution in [3.63, 3.8) is 0 Å². The lowest BCUT2D eigenvalue weighted by molar-refractivity contribution is -0.385. The fourth-order valence-corrected chi connectivity index (χ4v) is 1.14. The number of carbonyl (C=O) groups is 1. The summed E-state index contributed by atoms with van der Waals surface area (Å²) < 4.78 is 28.2. The Morgan fingerprint density at radius 3 is 2.65 bits per heavy atom. The molecule has 0 spiro atoms. The van der Waals surface area contributed by atoms with Gasteiger partial charge in [-0.05, 0) is 6.07 Å². The Kier molecular flexibility index (Phi) is 3.91. The van der Waals surface area contributed by atoms with E-state index in [1.165, 1.54) is 7.05 Å². The number of benzene rings is 1. The molecule has 0 aromatic heterocycles. The van der Waals surface area contributed by atoms with Crippen LogP contribution in [-0.2, 0) is 0 Å². The number of alkyl halides is 2. The van der Waals surface area contributed by atoms with Crippen molar-refractivity contribution in [1.29, 1.82) is 0 Å². The van der Waals surface area contributed by atoms with Gasteiger partial charge in [0.05, 0.1) is 16.6 Å². The predicted molar refractivity (Wildman–Crippen MR) is 53.1 cm³/mol. The molecule has 0 aliphatic carbocycles. The number of hydrogen-bond acceptors (Lipinski definition) is 4. The molecule has 0 bridgehead atoms. The summed E-state index contributed by atoms with van der Waals surface area (Å²) in [6.07, 6.45) is 0. The largest absolute Gasteiger partial charge is 0.434 e. The number of nitrogens with zero attached hydrogens (tertiary/aromatic N) is 1. The number of halogens is 2. The van der Waals surface area contributed by atoms with E-state index in [0.29, 0.717) is 0 Å².